The van der Waals surface area contributed by atoms with Crippen LogP contribution in [0.4, 0.5) is 5.82 Å². The molecule has 0 atom stereocenters. The summed E-state index contributed by atoms with van der Waals surface area (Å²) in [6, 6.07) is 7.77. The van der Waals surface area contributed by atoms with Crippen LogP contribution in [0, 0.1) is 6.92 Å². The summed E-state index contributed by atoms with van der Waals surface area (Å²) < 4.78 is 11.3. The van der Waals surface area contributed by atoms with Crippen molar-refractivity contribution in [2.75, 3.05) is 38.2 Å². The van der Waals surface area contributed by atoms with E-state index < -0.39 is 0 Å². The molecule has 0 unspecified atom stereocenters. The number of hydrogen-bond acceptors (Lipinski definition) is 6. The minimum atomic E-state index is 0.182. The van der Waals surface area contributed by atoms with Crippen molar-refractivity contribution in [3.05, 3.63) is 41.3 Å². The summed E-state index contributed by atoms with van der Waals surface area (Å²) in [5, 5.41) is 3.45. The van der Waals surface area contributed by atoms with Gasteiger partial charge in [0.05, 0.1) is 25.9 Å². The Morgan fingerprint density at radius 2 is 1.92 bits per heavy atom. The standard InChI is InChI=1S/C19H24N4O2/c1-13-21-18-7-9-20-8-6-17(18)19(22-13)23-11-16(12-23)25-15-5-3-4-14(10-15)24-2/h3-5,10,16,20H,6-9,11-12H2,1-2H3. The van der Waals surface area contributed by atoms with Crippen LogP contribution < -0.4 is 19.7 Å². The molecule has 1 saturated heterocycles. The van der Waals surface area contributed by atoms with E-state index in [4.69, 9.17) is 14.5 Å². The highest BCUT2D eigenvalue weighted by Crippen LogP contribution is 2.29. The van der Waals surface area contributed by atoms with Crippen molar-refractivity contribution < 1.29 is 9.47 Å². The van der Waals surface area contributed by atoms with Gasteiger partial charge < -0.3 is 19.7 Å². The van der Waals surface area contributed by atoms with Gasteiger partial charge in [-0.25, -0.2) is 9.97 Å². The summed E-state index contributed by atoms with van der Waals surface area (Å²) in [5.41, 5.74) is 2.50. The molecular weight excluding hydrogens is 316 g/mol. The monoisotopic (exact) mass is 340 g/mol. The van der Waals surface area contributed by atoms with Gasteiger partial charge >= 0.3 is 0 Å². The van der Waals surface area contributed by atoms with Crippen LogP contribution in [0.1, 0.15) is 17.1 Å². The summed E-state index contributed by atoms with van der Waals surface area (Å²) >= 11 is 0. The second-order valence-electron chi connectivity index (χ2n) is 6.59. The van der Waals surface area contributed by atoms with E-state index in [-0.39, 0.29) is 6.10 Å². The molecule has 132 valence electrons. The Morgan fingerprint density at radius 3 is 2.76 bits per heavy atom. The minimum Gasteiger partial charge on any atom is -0.497 e. The topological polar surface area (TPSA) is 59.5 Å². The third kappa shape index (κ3) is 3.39. The van der Waals surface area contributed by atoms with Crippen LogP contribution in [0.15, 0.2) is 24.3 Å². The lowest BCUT2D eigenvalue weighted by molar-refractivity contribution is 0.166. The second-order valence-corrected chi connectivity index (χ2v) is 6.59. The van der Waals surface area contributed by atoms with E-state index in [1.54, 1.807) is 7.11 Å². The number of benzene rings is 1. The van der Waals surface area contributed by atoms with Crippen molar-refractivity contribution >= 4 is 5.82 Å². The van der Waals surface area contributed by atoms with Crippen LogP contribution in [-0.4, -0.2) is 49.4 Å². The Kier molecular flexibility index (Phi) is 4.44. The van der Waals surface area contributed by atoms with Crippen LogP contribution in [0.3, 0.4) is 0 Å². The van der Waals surface area contributed by atoms with Crippen molar-refractivity contribution in [1.29, 1.82) is 0 Å². The number of rotatable bonds is 4. The van der Waals surface area contributed by atoms with E-state index in [9.17, 15) is 0 Å². The fourth-order valence-corrected chi connectivity index (χ4v) is 3.46. The van der Waals surface area contributed by atoms with Crippen LogP contribution in [0.25, 0.3) is 0 Å². The van der Waals surface area contributed by atoms with Gasteiger partial charge in [0.15, 0.2) is 0 Å². The molecule has 4 rings (SSSR count). The fraction of sp³-hybridized carbons (Fsp3) is 0.474. The van der Waals surface area contributed by atoms with Gasteiger partial charge in [-0.15, -0.1) is 0 Å². The van der Waals surface area contributed by atoms with Gasteiger partial charge in [-0.2, -0.15) is 0 Å². The highest BCUT2D eigenvalue weighted by atomic mass is 16.5. The van der Waals surface area contributed by atoms with Crippen molar-refractivity contribution in [2.24, 2.45) is 0 Å². The van der Waals surface area contributed by atoms with Crippen molar-refractivity contribution in [2.45, 2.75) is 25.9 Å². The molecule has 0 bridgehead atoms. The van der Waals surface area contributed by atoms with Gasteiger partial charge in [-0.1, -0.05) is 6.07 Å². The smallest absolute Gasteiger partial charge is 0.136 e. The van der Waals surface area contributed by atoms with E-state index in [0.29, 0.717) is 0 Å². The zero-order chi connectivity index (χ0) is 17.2. The Hall–Kier alpha value is -2.34. The third-order valence-corrected chi connectivity index (χ3v) is 4.76. The van der Waals surface area contributed by atoms with Gasteiger partial charge in [-0.05, 0) is 32.0 Å². The summed E-state index contributed by atoms with van der Waals surface area (Å²) in [6.45, 7) is 5.67. The maximum atomic E-state index is 6.07. The number of nitrogens with one attached hydrogen (secondary N) is 1. The Bertz CT molecular complexity index is 759. The summed E-state index contributed by atoms with van der Waals surface area (Å²) in [6.07, 6.45) is 2.15. The quantitative estimate of drug-likeness (QED) is 0.915. The predicted molar refractivity (Wildman–Crippen MR) is 96.7 cm³/mol. The molecule has 0 radical (unpaired) electrons. The number of ether oxygens (including phenoxy) is 2. The molecule has 1 aromatic heterocycles. The number of aromatic nitrogens is 2. The van der Waals surface area contributed by atoms with E-state index in [2.05, 4.69) is 15.2 Å². The summed E-state index contributed by atoms with van der Waals surface area (Å²) in [7, 11) is 1.67. The van der Waals surface area contributed by atoms with Crippen molar-refractivity contribution in [3.63, 3.8) is 0 Å². The van der Waals surface area contributed by atoms with Crippen LogP contribution >= 0.6 is 0 Å². The molecule has 0 aliphatic carbocycles. The lowest BCUT2D eigenvalue weighted by Gasteiger charge is -2.41. The molecule has 1 N–H and O–H groups in total. The number of fused-ring (bicyclic) bond motifs is 1. The van der Waals surface area contributed by atoms with Gasteiger partial charge in [0.1, 0.15) is 29.2 Å². The zero-order valence-electron chi connectivity index (χ0n) is 14.8. The molecule has 2 aliphatic rings. The molecule has 3 heterocycles. The molecular formula is C19H24N4O2. The number of nitrogens with zero attached hydrogens (tertiary/aromatic N) is 3. The molecule has 6 heteroatoms. The van der Waals surface area contributed by atoms with Gasteiger partial charge in [0.2, 0.25) is 0 Å². The fourth-order valence-electron chi connectivity index (χ4n) is 3.46. The normalized spacial score (nSPS) is 17.4. The lowest BCUT2D eigenvalue weighted by atomic mass is 10.1. The van der Waals surface area contributed by atoms with Crippen molar-refractivity contribution in [1.82, 2.24) is 15.3 Å². The maximum absolute atomic E-state index is 6.07. The third-order valence-electron chi connectivity index (χ3n) is 4.76. The van der Waals surface area contributed by atoms with E-state index >= 15 is 0 Å². The largest absolute Gasteiger partial charge is 0.497 e. The second kappa shape index (κ2) is 6.88. The molecule has 0 amide bonds. The van der Waals surface area contributed by atoms with Gasteiger partial charge in [0.25, 0.3) is 0 Å². The first-order valence-corrected chi connectivity index (χ1v) is 8.85. The summed E-state index contributed by atoms with van der Waals surface area (Å²) in [4.78, 5) is 11.7. The number of aryl methyl sites for hydroxylation is 1. The molecule has 6 nitrogen and oxygen atoms in total. The van der Waals surface area contributed by atoms with E-state index in [0.717, 1.165) is 62.2 Å². The highest BCUT2D eigenvalue weighted by molar-refractivity contribution is 5.52. The molecule has 25 heavy (non-hydrogen) atoms. The molecule has 0 spiro atoms. The molecule has 1 fully saturated rings. The minimum absolute atomic E-state index is 0.182. The first-order chi connectivity index (χ1) is 12.2. The average Bonchev–Trinajstić information content (AvgIpc) is 2.82. The zero-order valence-corrected chi connectivity index (χ0v) is 14.8. The molecule has 2 aliphatic heterocycles. The molecule has 2 aromatic rings. The average molecular weight is 340 g/mol. The Balaban J connectivity index is 1.46. The maximum Gasteiger partial charge on any atom is 0.136 e. The van der Waals surface area contributed by atoms with E-state index in [1.165, 1.54) is 11.3 Å². The van der Waals surface area contributed by atoms with E-state index in [1.807, 2.05) is 31.2 Å². The Morgan fingerprint density at radius 1 is 1.12 bits per heavy atom. The van der Waals surface area contributed by atoms with Crippen LogP contribution in [-0.2, 0) is 12.8 Å². The Labute approximate surface area is 148 Å². The molecule has 0 saturated carbocycles. The highest BCUT2D eigenvalue weighted by Gasteiger charge is 2.32. The number of methoxy groups -OCH3 is 1. The van der Waals surface area contributed by atoms with Gasteiger partial charge in [0, 0.05) is 24.6 Å². The molecule has 1 aromatic carbocycles. The first kappa shape index (κ1) is 16.1. The first-order valence-electron chi connectivity index (χ1n) is 8.85. The summed E-state index contributed by atoms with van der Waals surface area (Å²) in [5.74, 6) is 3.62. The SMILES string of the molecule is COc1cccc(OC2CN(c3nc(C)nc4c3CCNCC4)C2)c1. The van der Waals surface area contributed by atoms with Gasteiger partial charge in [-0.3, -0.25) is 0 Å². The van der Waals surface area contributed by atoms with Crippen LogP contribution in [0.2, 0.25) is 0 Å². The number of anilines is 1. The van der Waals surface area contributed by atoms with Crippen LogP contribution in [0.5, 0.6) is 11.5 Å². The number of hydrogen-bond donors (Lipinski definition) is 1. The predicted octanol–water partition coefficient (Wildman–Crippen LogP) is 1.75. The van der Waals surface area contributed by atoms with Crippen molar-refractivity contribution in [3.8, 4) is 11.5 Å². The lowest BCUT2D eigenvalue weighted by Crippen LogP contribution is -2.54.